The van der Waals surface area contributed by atoms with Crippen LogP contribution < -0.4 is 10.5 Å². The Balaban J connectivity index is 2.44. The van der Waals surface area contributed by atoms with E-state index in [1.165, 1.54) is 12.1 Å². The van der Waals surface area contributed by atoms with Crippen molar-refractivity contribution in [3.63, 3.8) is 0 Å². The van der Waals surface area contributed by atoms with Gasteiger partial charge in [-0.05, 0) is 52.9 Å². The highest BCUT2D eigenvalue weighted by molar-refractivity contribution is 14.1. The minimum Gasteiger partial charge on any atom is -0.398 e. The van der Waals surface area contributed by atoms with Gasteiger partial charge in [-0.25, -0.2) is 12.8 Å². The molecule has 0 aliphatic heterocycles. The molecule has 3 N–H and O–H groups in total. The average Bonchev–Trinajstić information content (AvgIpc) is 2.27. The second-order valence-electron chi connectivity index (χ2n) is 3.77. The lowest BCUT2D eigenvalue weighted by molar-refractivity contribution is 0.572. The molecular formula is C12H10FIN2O2S. The maximum absolute atomic E-state index is 13.6. The number of hydrogen-bond acceptors (Lipinski definition) is 3. The first-order valence-electron chi connectivity index (χ1n) is 5.22. The molecule has 7 heteroatoms. The zero-order chi connectivity index (χ0) is 14.0. The van der Waals surface area contributed by atoms with Crippen LogP contribution in [0, 0.1) is 9.39 Å². The Labute approximate surface area is 124 Å². The molecule has 0 aliphatic carbocycles. The first kappa shape index (κ1) is 14.1. The van der Waals surface area contributed by atoms with Crippen LogP contribution >= 0.6 is 22.6 Å². The lowest BCUT2D eigenvalue weighted by atomic mass is 10.3. The lowest BCUT2D eigenvalue weighted by Gasteiger charge is -2.11. The summed E-state index contributed by atoms with van der Waals surface area (Å²) in [7, 11) is -4.04. The van der Waals surface area contributed by atoms with E-state index in [-0.39, 0.29) is 5.69 Å². The van der Waals surface area contributed by atoms with E-state index in [2.05, 4.69) is 27.3 Å². The highest BCUT2D eigenvalue weighted by Crippen LogP contribution is 2.24. The van der Waals surface area contributed by atoms with Crippen LogP contribution in [0.25, 0.3) is 0 Å². The van der Waals surface area contributed by atoms with E-state index in [0.717, 1.165) is 9.64 Å². The van der Waals surface area contributed by atoms with E-state index < -0.39 is 20.7 Å². The first-order valence-corrected chi connectivity index (χ1v) is 7.79. The summed E-state index contributed by atoms with van der Waals surface area (Å²) < 4.78 is 41.0. The van der Waals surface area contributed by atoms with Crippen LogP contribution in [0.3, 0.4) is 0 Å². The van der Waals surface area contributed by atoms with Gasteiger partial charge in [-0.15, -0.1) is 0 Å². The van der Waals surface area contributed by atoms with Gasteiger partial charge in [-0.3, -0.25) is 4.72 Å². The summed E-state index contributed by atoms with van der Waals surface area (Å²) in [5.41, 5.74) is 5.76. The largest absolute Gasteiger partial charge is 0.398 e. The van der Waals surface area contributed by atoms with Crippen LogP contribution in [0.15, 0.2) is 47.4 Å². The van der Waals surface area contributed by atoms with Gasteiger partial charge in [0.1, 0.15) is 10.7 Å². The summed E-state index contributed by atoms with van der Waals surface area (Å²) >= 11 is 2.05. The Morgan fingerprint density at radius 2 is 1.84 bits per heavy atom. The SMILES string of the molecule is Nc1cccc(F)c1S(=O)(=O)Nc1cccc(I)c1. The molecule has 0 fully saturated rings. The van der Waals surface area contributed by atoms with Gasteiger partial charge >= 0.3 is 0 Å². The van der Waals surface area contributed by atoms with Crippen LogP contribution in [0.4, 0.5) is 15.8 Å². The van der Waals surface area contributed by atoms with E-state index >= 15 is 0 Å². The summed E-state index contributed by atoms with van der Waals surface area (Å²) in [5.74, 6) is -0.877. The van der Waals surface area contributed by atoms with E-state index in [0.29, 0.717) is 5.69 Å². The van der Waals surface area contributed by atoms with Crippen molar-refractivity contribution < 1.29 is 12.8 Å². The molecule has 0 saturated heterocycles. The number of nitrogen functional groups attached to an aromatic ring is 1. The monoisotopic (exact) mass is 392 g/mol. The number of hydrogen-bond donors (Lipinski definition) is 2. The normalized spacial score (nSPS) is 11.3. The molecule has 0 aliphatic rings. The Morgan fingerprint density at radius 1 is 1.16 bits per heavy atom. The molecule has 0 amide bonds. The summed E-state index contributed by atoms with van der Waals surface area (Å²) in [6.45, 7) is 0. The van der Waals surface area contributed by atoms with Gasteiger partial charge in [0, 0.05) is 9.26 Å². The Hall–Kier alpha value is -1.35. The van der Waals surface area contributed by atoms with Crippen molar-refractivity contribution in [2.75, 3.05) is 10.5 Å². The zero-order valence-corrected chi connectivity index (χ0v) is 12.6. The third-order valence-electron chi connectivity index (χ3n) is 2.34. The van der Waals surface area contributed by atoms with Crippen molar-refractivity contribution >= 4 is 44.0 Å². The number of rotatable bonds is 3. The number of nitrogens with two attached hydrogens (primary N) is 1. The van der Waals surface area contributed by atoms with E-state index in [4.69, 9.17) is 5.73 Å². The molecule has 0 radical (unpaired) electrons. The van der Waals surface area contributed by atoms with Crippen molar-refractivity contribution in [1.29, 1.82) is 0 Å². The highest BCUT2D eigenvalue weighted by Gasteiger charge is 2.22. The van der Waals surface area contributed by atoms with Gasteiger partial charge in [-0.2, -0.15) is 0 Å². The molecule has 0 heterocycles. The Kier molecular flexibility index (Phi) is 3.95. The molecule has 0 spiro atoms. The maximum Gasteiger partial charge on any atom is 0.266 e. The topological polar surface area (TPSA) is 72.2 Å². The molecule has 100 valence electrons. The number of halogens is 2. The molecule has 0 bridgehead atoms. The minimum absolute atomic E-state index is 0.127. The summed E-state index contributed by atoms with van der Waals surface area (Å²) in [6.07, 6.45) is 0. The van der Waals surface area contributed by atoms with Gasteiger partial charge in [0.05, 0.1) is 5.69 Å². The molecule has 2 rings (SSSR count). The fourth-order valence-electron chi connectivity index (χ4n) is 1.57. The minimum atomic E-state index is -4.04. The third kappa shape index (κ3) is 3.16. The van der Waals surface area contributed by atoms with Crippen molar-refractivity contribution in [2.45, 2.75) is 4.90 Å². The van der Waals surface area contributed by atoms with Gasteiger partial charge in [-0.1, -0.05) is 12.1 Å². The quantitative estimate of drug-likeness (QED) is 0.624. The second-order valence-corrected chi connectivity index (χ2v) is 6.64. The van der Waals surface area contributed by atoms with Gasteiger partial charge in [0.15, 0.2) is 0 Å². The third-order valence-corrected chi connectivity index (χ3v) is 4.49. The number of nitrogens with one attached hydrogen (secondary N) is 1. The molecule has 0 unspecified atom stereocenters. The molecule has 0 atom stereocenters. The number of anilines is 2. The predicted molar refractivity (Wildman–Crippen MR) is 80.8 cm³/mol. The molecule has 2 aromatic rings. The van der Waals surface area contributed by atoms with Gasteiger partial charge in [0.2, 0.25) is 0 Å². The number of sulfonamides is 1. The average molecular weight is 392 g/mol. The summed E-state index contributed by atoms with van der Waals surface area (Å²) in [6, 6.07) is 10.5. The summed E-state index contributed by atoms with van der Waals surface area (Å²) in [5, 5.41) is 0. The molecule has 0 saturated carbocycles. The molecular weight excluding hydrogens is 382 g/mol. The fraction of sp³-hybridized carbons (Fsp3) is 0. The van der Waals surface area contributed by atoms with Crippen LogP contribution in [-0.4, -0.2) is 8.42 Å². The molecule has 19 heavy (non-hydrogen) atoms. The van der Waals surface area contributed by atoms with Crippen LogP contribution in [0.2, 0.25) is 0 Å². The van der Waals surface area contributed by atoms with Crippen molar-refractivity contribution in [1.82, 2.24) is 0 Å². The second kappa shape index (κ2) is 5.33. The fourth-order valence-corrected chi connectivity index (χ4v) is 3.35. The van der Waals surface area contributed by atoms with Crippen molar-refractivity contribution in [3.05, 3.63) is 51.9 Å². The lowest BCUT2D eigenvalue weighted by Crippen LogP contribution is -2.16. The molecule has 0 aromatic heterocycles. The van der Waals surface area contributed by atoms with Gasteiger partial charge in [0.25, 0.3) is 10.0 Å². The molecule has 2 aromatic carbocycles. The van der Waals surface area contributed by atoms with Gasteiger partial charge < -0.3 is 5.73 Å². The van der Waals surface area contributed by atoms with Crippen LogP contribution in [-0.2, 0) is 10.0 Å². The van der Waals surface area contributed by atoms with E-state index in [1.807, 2.05) is 6.07 Å². The summed E-state index contributed by atoms with van der Waals surface area (Å²) in [4.78, 5) is -0.533. The zero-order valence-electron chi connectivity index (χ0n) is 9.60. The molecule has 4 nitrogen and oxygen atoms in total. The van der Waals surface area contributed by atoms with Crippen LogP contribution in [0.1, 0.15) is 0 Å². The predicted octanol–water partition coefficient (Wildman–Crippen LogP) is 2.81. The smallest absolute Gasteiger partial charge is 0.266 e. The van der Waals surface area contributed by atoms with Crippen molar-refractivity contribution in [3.8, 4) is 0 Å². The van der Waals surface area contributed by atoms with E-state index in [9.17, 15) is 12.8 Å². The number of benzene rings is 2. The first-order chi connectivity index (χ1) is 8.90. The Bertz CT molecular complexity index is 699. The van der Waals surface area contributed by atoms with Crippen molar-refractivity contribution in [2.24, 2.45) is 0 Å². The standard InChI is InChI=1S/C12H10FIN2O2S/c13-10-5-2-6-11(15)12(10)19(17,18)16-9-4-1-3-8(14)7-9/h1-7,16H,15H2. The maximum atomic E-state index is 13.6. The highest BCUT2D eigenvalue weighted by atomic mass is 127. The van der Waals surface area contributed by atoms with Crippen LogP contribution in [0.5, 0.6) is 0 Å². The van der Waals surface area contributed by atoms with E-state index in [1.54, 1.807) is 18.2 Å². The Morgan fingerprint density at radius 3 is 2.47 bits per heavy atom.